The number of aryl methyl sites for hydroxylation is 2. The minimum atomic E-state index is -3.76. The van der Waals surface area contributed by atoms with Gasteiger partial charge in [-0.15, -0.1) is 0 Å². The summed E-state index contributed by atoms with van der Waals surface area (Å²) in [6.07, 6.45) is 3.25. The van der Waals surface area contributed by atoms with Crippen molar-refractivity contribution < 1.29 is 22.7 Å². The van der Waals surface area contributed by atoms with Crippen molar-refractivity contribution in [1.82, 2.24) is 10.2 Å². The summed E-state index contributed by atoms with van der Waals surface area (Å²) in [6, 6.07) is 11.9. The molecule has 0 aliphatic rings. The van der Waals surface area contributed by atoms with Gasteiger partial charge in [-0.3, -0.25) is 13.9 Å². The van der Waals surface area contributed by atoms with E-state index >= 15 is 0 Å². The summed E-state index contributed by atoms with van der Waals surface area (Å²) in [5.74, 6) is -0.0166. The Balaban J connectivity index is 2.43. The Labute approximate surface area is 215 Å². The molecule has 36 heavy (non-hydrogen) atoms. The highest BCUT2D eigenvalue weighted by Gasteiger charge is 2.31. The van der Waals surface area contributed by atoms with Gasteiger partial charge in [0.1, 0.15) is 18.3 Å². The second-order valence-electron chi connectivity index (χ2n) is 9.05. The van der Waals surface area contributed by atoms with Gasteiger partial charge in [0.25, 0.3) is 0 Å². The predicted molar refractivity (Wildman–Crippen MR) is 144 cm³/mol. The summed E-state index contributed by atoms with van der Waals surface area (Å²) in [5.41, 5.74) is 3.01. The van der Waals surface area contributed by atoms with Crippen LogP contribution in [0.2, 0.25) is 0 Å². The Kier molecular flexibility index (Phi) is 10.8. The van der Waals surface area contributed by atoms with E-state index in [9.17, 15) is 18.0 Å². The maximum Gasteiger partial charge on any atom is 0.244 e. The molecular weight excluding hydrogens is 478 g/mol. The first-order valence-electron chi connectivity index (χ1n) is 12.3. The zero-order chi connectivity index (χ0) is 26.9. The molecule has 1 N–H and O–H groups in total. The van der Waals surface area contributed by atoms with Crippen LogP contribution in [0.15, 0.2) is 42.5 Å². The maximum atomic E-state index is 13.7. The molecule has 0 radical (unpaired) electrons. The van der Waals surface area contributed by atoms with Gasteiger partial charge in [0.2, 0.25) is 21.8 Å². The van der Waals surface area contributed by atoms with Gasteiger partial charge in [-0.25, -0.2) is 8.42 Å². The van der Waals surface area contributed by atoms with Gasteiger partial charge in [-0.2, -0.15) is 0 Å². The Morgan fingerprint density at radius 2 is 1.64 bits per heavy atom. The molecule has 0 aliphatic carbocycles. The number of rotatable bonds is 13. The lowest BCUT2D eigenvalue weighted by Gasteiger charge is -2.33. The number of unbranched alkanes of at least 4 members (excludes halogenated alkanes) is 1. The van der Waals surface area contributed by atoms with Crippen molar-refractivity contribution in [3.63, 3.8) is 0 Å². The third-order valence-electron chi connectivity index (χ3n) is 5.90. The van der Waals surface area contributed by atoms with E-state index in [1.165, 1.54) is 4.90 Å². The van der Waals surface area contributed by atoms with Crippen molar-refractivity contribution in [3.8, 4) is 5.75 Å². The van der Waals surface area contributed by atoms with Crippen molar-refractivity contribution >= 4 is 27.5 Å². The van der Waals surface area contributed by atoms with Gasteiger partial charge < -0.3 is 15.0 Å². The van der Waals surface area contributed by atoms with Gasteiger partial charge in [0.15, 0.2) is 0 Å². The van der Waals surface area contributed by atoms with Crippen LogP contribution in [0, 0.1) is 13.8 Å². The highest BCUT2D eigenvalue weighted by molar-refractivity contribution is 7.92. The molecule has 0 bridgehead atoms. The van der Waals surface area contributed by atoms with Crippen LogP contribution in [0.3, 0.4) is 0 Å². The number of methoxy groups -OCH3 is 1. The number of benzene rings is 2. The van der Waals surface area contributed by atoms with Crippen LogP contribution in [0.25, 0.3) is 0 Å². The molecule has 8 nitrogen and oxygen atoms in total. The van der Waals surface area contributed by atoms with Crippen LogP contribution >= 0.6 is 0 Å². The van der Waals surface area contributed by atoms with E-state index < -0.39 is 28.5 Å². The minimum Gasteiger partial charge on any atom is -0.497 e. The number of carbonyl (C=O) groups is 2. The molecule has 1 atom stereocenters. The van der Waals surface area contributed by atoms with E-state index in [0.29, 0.717) is 24.4 Å². The Morgan fingerprint density at radius 3 is 2.14 bits per heavy atom. The van der Waals surface area contributed by atoms with E-state index in [4.69, 9.17) is 4.74 Å². The molecule has 198 valence electrons. The Bertz CT molecular complexity index is 1110. The number of nitrogens with zero attached hydrogens (tertiary/aromatic N) is 2. The summed E-state index contributed by atoms with van der Waals surface area (Å²) in [7, 11) is -2.19. The Morgan fingerprint density at radius 1 is 1.03 bits per heavy atom. The molecule has 0 aromatic heterocycles. The smallest absolute Gasteiger partial charge is 0.244 e. The first-order chi connectivity index (χ1) is 17.0. The van der Waals surface area contributed by atoms with Crippen molar-refractivity contribution in [2.24, 2.45) is 0 Å². The summed E-state index contributed by atoms with van der Waals surface area (Å²) in [6.45, 7) is 7.91. The average Bonchev–Trinajstić information content (AvgIpc) is 2.81. The molecule has 0 saturated heterocycles. The number of anilines is 1. The SMILES string of the molecule is CCCCNC(=O)[C@@H](CC)N(Cc1ccc(OC)cc1)C(=O)CN(c1cc(C)cc(C)c1)S(C)(=O)=O. The van der Waals surface area contributed by atoms with Crippen molar-refractivity contribution in [2.75, 3.05) is 30.8 Å². The maximum absolute atomic E-state index is 13.7. The quantitative estimate of drug-likeness (QED) is 0.408. The van der Waals surface area contributed by atoms with Crippen LogP contribution in [-0.2, 0) is 26.2 Å². The number of amides is 2. The number of ether oxygens (including phenoxy) is 1. The van der Waals surface area contributed by atoms with Crippen LogP contribution < -0.4 is 14.4 Å². The lowest BCUT2D eigenvalue weighted by atomic mass is 10.1. The summed E-state index contributed by atoms with van der Waals surface area (Å²) >= 11 is 0. The average molecular weight is 518 g/mol. The standard InChI is InChI=1S/C27H39N3O5S/c1-7-9-14-28-27(32)25(8-2)29(18-22-10-12-24(35-5)13-11-22)26(31)19-30(36(6,33)34)23-16-20(3)15-21(4)17-23/h10-13,15-17,25H,7-9,14,18-19H2,1-6H3,(H,28,32)/t25-/m1/s1. The number of sulfonamides is 1. The zero-order valence-corrected chi connectivity index (χ0v) is 23.0. The molecule has 0 fully saturated rings. The van der Waals surface area contributed by atoms with Gasteiger partial charge in [0.05, 0.1) is 19.1 Å². The normalized spacial score (nSPS) is 12.1. The van der Waals surface area contributed by atoms with Crippen LogP contribution in [0.4, 0.5) is 5.69 Å². The molecule has 9 heteroatoms. The van der Waals surface area contributed by atoms with E-state index in [1.54, 1.807) is 31.4 Å². The van der Waals surface area contributed by atoms with Crippen molar-refractivity contribution in [1.29, 1.82) is 0 Å². The summed E-state index contributed by atoms with van der Waals surface area (Å²) in [4.78, 5) is 28.3. The first-order valence-corrected chi connectivity index (χ1v) is 14.1. The number of hydrogen-bond donors (Lipinski definition) is 1. The van der Waals surface area contributed by atoms with Crippen LogP contribution in [0.5, 0.6) is 5.75 Å². The van der Waals surface area contributed by atoms with E-state index in [2.05, 4.69) is 5.32 Å². The fraction of sp³-hybridized carbons (Fsp3) is 0.481. The van der Waals surface area contributed by atoms with Gasteiger partial charge in [0, 0.05) is 13.1 Å². The first kappa shape index (κ1) is 29.2. The third-order valence-corrected chi connectivity index (χ3v) is 7.04. The molecule has 0 spiro atoms. The Hall–Kier alpha value is -3.07. The molecule has 0 heterocycles. The molecule has 2 aromatic carbocycles. The van der Waals surface area contributed by atoms with Gasteiger partial charge >= 0.3 is 0 Å². The molecule has 2 amide bonds. The number of nitrogens with one attached hydrogen (secondary N) is 1. The van der Waals surface area contributed by atoms with E-state index in [1.807, 2.05) is 45.9 Å². The highest BCUT2D eigenvalue weighted by atomic mass is 32.2. The minimum absolute atomic E-state index is 0.160. The monoisotopic (exact) mass is 517 g/mol. The molecule has 2 aromatic rings. The predicted octanol–water partition coefficient (Wildman–Crippen LogP) is 3.80. The fourth-order valence-corrected chi connectivity index (χ4v) is 4.89. The number of carbonyl (C=O) groups excluding carboxylic acids is 2. The lowest BCUT2D eigenvalue weighted by Crippen LogP contribution is -2.52. The summed E-state index contributed by atoms with van der Waals surface area (Å²) in [5, 5.41) is 2.92. The van der Waals surface area contributed by atoms with Crippen LogP contribution in [-0.4, -0.2) is 57.6 Å². The van der Waals surface area contributed by atoms with E-state index in [-0.39, 0.29) is 12.5 Å². The molecule has 0 aliphatic heterocycles. The van der Waals surface area contributed by atoms with Gasteiger partial charge in [-0.1, -0.05) is 38.5 Å². The summed E-state index contributed by atoms with van der Waals surface area (Å²) < 4.78 is 31.8. The largest absolute Gasteiger partial charge is 0.497 e. The number of hydrogen-bond acceptors (Lipinski definition) is 5. The zero-order valence-electron chi connectivity index (χ0n) is 22.2. The third kappa shape index (κ3) is 8.26. The molecule has 0 saturated carbocycles. The van der Waals surface area contributed by atoms with E-state index in [0.717, 1.165) is 40.1 Å². The van der Waals surface area contributed by atoms with Crippen LogP contribution in [0.1, 0.15) is 49.8 Å². The lowest BCUT2D eigenvalue weighted by molar-refractivity contribution is -0.140. The highest BCUT2D eigenvalue weighted by Crippen LogP contribution is 2.23. The fourth-order valence-electron chi connectivity index (χ4n) is 4.06. The molecule has 2 rings (SSSR count). The van der Waals surface area contributed by atoms with Gasteiger partial charge in [-0.05, 0) is 67.6 Å². The molecular formula is C27H39N3O5S. The molecule has 0 unspecified atom stereocenters. The van der Waals surface area contributed by atoms with Crippen molar-refractivity contribution in [2.45, 2.75) is 59.5 Å². The topological polar surface area (TPSA) is 96.0 Å². The second kappa shape index (κ2) is 13.3. The van der Waals surface area contributed by atoms with Crippen molar-refractivity contribution in [3.05, 3.63) is 59.2 Å². The second-order valence-corrected chi connectivity index (χ2v) is 11.0.